The predicted octanol–water partition coefficient (Wildman–Crippen LogP) is 1.23. The van der Waals surface area contributed by atoms with E-state index in [1.54, 1.807) is 0 Å². The molecule has 0 aliphatic rings. The number of aliphatic hydroxyl groups excluding tert-OH is 1. The average molecular weight is 118 g/mol. The molecular formula is C6H14O2. The number of hydrogen-bond donors (Lipinski definition) is 1. The zero-order valence-corrected chi connectivity index (χ0v) is 4.64. The van der Waals surface area contributed by atoms with E-state index < -0.39 is 0 Å². The van der Waals surface area contributed by atoms with Gasteiger partial charge in [0.05, 0.1) is 0 Å². The molecule has 2 nitrogen and oxygen atoms in total. The number of aliphatic hydroxyl groups is 1. The monoisotopic (exact) mass is 118 g/mol. The molecular weight excluding hydrogens is 104 g/mol. The summed E-state index contributed by atoms with van der Waals surface area (Å²) in [5, 5.41) is 8.14. The van der Waals surface area contributed by atoms with Crippen LogP contribution in [0.25, 0.3) is 0 Å². The molecule has 0 spiro atoms. The van der Waals surface area contributed by atoms with Crippen LogP contribution in [-0.2, 0) is 4.65 Å². The van der Waals surface area contributed by atoms with Gasteiger partial charge in [-0.05, 0) is 5.92 Å². The molecule has 0 atom stereocenters. The number of rotatable bonds is 1. The van der Waals surface area contributed by atoms with E-state index in [2.05, 4.69) is 6.65 Å². The van der Waals surface area contributed by atoms with Crippen LogP contribution in [0.1, 0.15) is 21.3 Å². The van der Waals surface area contributed by atoms with Gasteiger partial charge in [-0.15, -0.1) is 0 Å². The van der Waals surface area contributed by atoms with E-state index in [9.17, 15) is 0 Å². The van der Waals surface area contributed by atoms with E-state index in [1.807, 2.05) is 13.8 Å². The fourth-order valence-electron chi connectivity index (χ4n) is 0. The van der Waals surface area contributed by atoms with Gasteiger partial charge >= 0.3 is 11.3 Å². The van der Waals surface area contributed by atoms with Gasteiger partial charge in [-0.2, -0.15) is 0 Å². The Bertz CT molecular complexity index is 39.0. The van der Waals surface area contributed by atoms with Crippen molar-refractivity contribution in [1.82, 2.24) is 0 Å². The zero-order valence-electron chi connectivity index (χ0n) is 4.64. The first-order valence-electron chi connectivity index (χ1n) is 2.08. The molecule has 0 aromatic heterocycles. The van der Waals surface area contributed by atoms with E-state index >= 15 is 0 Å². The molecule has 0 bridgehead atoms. The summed E-state index contributed by atoms with van der Waals surface area (Å²) in [6, 6.07) is 0. The van der Waals surface area contributed by atoms with Crippen molar-refractivity contribution in [3.63, 3.8) is 0 Å². The molecule has 8 heavy (non-hydrogen) atoms. The Balaban J connectivity index is -0.0000000750. The first-order chi connectivity index (χ1) is 3.27. The van der Waals surface area contributed by atoms with Gasteiger partial charge in [0.25, 0.3) is 0 Å². The van der Waals surface area contributed by atoms with Crippen LogP contribution in [-0.4, -0.2) is 11.7 Å². The third-order valence-electron chi connectivity index (χ3n) is 0.365. The van der Waals surface area contributed by atoms with E-state index in [0.29, 0.717) is 12.5 Å². The van der Waals surface area contributed by atoms with Gasteiger partial charge in [0, 0.05) is 6.61 Å². The Hall–Kier alpha value is -0.300. The molecule has 0 amide bonds. The van der Waals surface area contributed by atoms with Crippen molar-refractivity contribution >= 4 is 0 Å². The second-order valence-electron chi connectivity index (χ2n) is 1.58. The van der Waals surface area contributed by atoms with Crippen LogP contribution in [0.3, 0.4) is 0 Å². The average Bonchev–Trinajstić information content (AvgIpc) is 1.73. The third kappa shape index (κ3) is 43.6. The fraction of sp³-hybridized carbons (Fsp3) is 0.833. The fourth-order valence-corrected chi connectivity index (χ4v) is 0. The summed E-state index contributed by atoms with van der Waals surface area (Å²) in [5.41, 5.74) is 0. The van der Waals surface area contributed by atoms with Gasteiger partial charge in [-0.1, -0.05) is 21.3 Å². The van der Waals surface area contributed by atoms with Crippen molar-refractivity contribution in [1.29, 1.82) is 0 Å². The Kier molecular flexibility index (Phi) is 31.1. The third-order valence-corrected chi connectivity index (χ3v) is 0.365. The zero-order chi connectivity index (χ0) is 6.28. The van der Waals surface area contributed by atoms with Crippen molar-refractivity contribution in [3.8, 4) is 0 Å². The second-order valence-corrected chi connectivity index (χ2v) is 1.58. The van der Waals surface area contributed by atoms with Crippen molar-refractivity contribution < 1.29 is 9.76 Å². The van der Waals surface area contributed by atoms with Crippen LogP contribution in [0.4, 0.5) is 0 Å². The molecule has 0 aromatic rings. The van der Waals surface area contributed by atoms with Gasteiger partial charge < -0.3 is 5.11 Å². The van der Waals surface area contributed by atoms with Crippen molar-refractivity contribution in [2.45, 2.75) is 21.3 Å². The minimum atomic E-state index is 0. The molecule has 0 aromatic carbocycles. The van der Waals surface area contributed by atoms with Crippen molar-refractivity contribution in [2.24, 2.45) is 5.92 Å². The van der Waals surface area contributed by atoms with E-state index in [1.165, 1.54) is 0 Å². The first kappa shape index (κ1) is 15.6. The summed E-state index contributed by atoms with van der Waals surface area (Å²) in [4.78, 5) is 0. The summed E-state index contributed by atoms with van der Waals surface area (Å²) < 4.78 is 7.50. The van der Waals surface area contributed by atoms with Crippen LogP contribution in [0.2, 0.25) is 0 Å². The Morgan fingerprint density at radius 1 is 1.50 bits per heavy atom. The van der Waals surface area contributed by atoms with Gasteiger partial charge in [0.2, 0.25) is 0 Å². The SMILES string of the molecule is C.CC(C)CO.[C-]#[O+]. The normalized spacial score (nSPS) is 6.25. The molecule has 50 valence electrons. The van der Waals surface area contributed by atoms with Gasteiger partial charge in [-0.3, -0.25) is 0 Å². The molecule has 1 N–H and O–H groups in total. The van der Waals surface area contributed by atoms with Crippen molar-refractivity contribution in [3.05, 3.63) is 6.65 Å². The summed E-state index contributed by atoms with van der Waals surface area (Å²) in [6.45, 7) is 8.75. The summed E-state index contributed by atoms with van der Waals surface area (Å²) in [7, 11) is 0. The van der Waals surface area contributed by atoms with Crippen molar-refractivity contribution in [2.75, 3.05) is 6.61 Å². The second kappa shape index (κ2) is 15.9. The molecule has 0 unspecified atom stereocenters. The quantitative estimate of drug-likeness (QED) is 0.408. The molecule has 0 radical (unpaired) electrons. The summed E-state index contributed by atoms with van der Waals surface area (Å²) in [5.74, 6) is 0.440. The Labute approximate surface area is 51.3 Å². The van der Waals surface area contributed by atoms with Crippen LogP contribution in [0.15, 0.2) is 0 Å². The summed E-state index contributed by atoms with van der Waals surface area (Å²) >= 11 is 0. The molecule has 0 saturated heterocycles. The van der Waals surface area contributed by atoms with Gasteiger partial charge in [-0.25, -0.2) is 0 Å². The Morgan fingerprint density at radius 2 is 1.62 bits per heavy atom. The predicted molar refractivity (Wildman–Crippen MR) is 32.6 cm³/mol. The van der Waals surface area contributed by atoms with Crippen LogP contribution < -0.4 is 0 Å². The maximum absolute atomic E-state index is 8.14. The van der Waals surface area contributed by atoms with Crippen LogP contribution in [0, 0.1) is 12.6 Å². The first-order valence-corrected chi connectivity index (χ1v) is 2.08. The molecule has 0 heterocycles. The maximum atomic E-state index is 8.14. The van der Waals surface area contributed by atoms with Gasteiger partial charge in [0.15, 0.2) is 0 Å². The summed E-state index contributed by atoms with van der Waals surface area (Å²) in [6.07, 6.45) is 0. The van der Waals surface area contributed by atoms with Gasteiger partial charge in [0.1, 0.15) is 0 Å². The van der Waals surface area contributed by atoms with E-state index in [0.717, 1.165) is 0 Å². The van der Waals surface area contributed by atoms with Crippen LogP contribution >= 0.6 is 0 Å². The number of hydrogen-bond acceptors (Lipinski definition) is 1. The molecule has 0 rings (SSSR count). The molecule has 2 heteroatoms. The van der Waals surface area contributed by atoms with E-state index in [4.69, 9.17) is 9.76 Å². The molecule has 0 aliphatic heterocycles. The molecule has 0 fully saturated rings. The van der Waals surface area contributed by atoms with Crippen LogP contribution in [0.5, 0.6) is 0 Å². The minimum absolute atomic E-state index is 0. The molecule has 0 aliphatic carbocycles. The standard InChI is InChI=1S/C4H10O.CO.CH4/c1-4(2)3-5;1-2;/h4-5H,3H2,1-2H3;;1H4. The topological polar surface area (TPSA) is 40.1 Å². The Morgan fingerprint density at radius 3 is 1.62 bits per heavy atom. The van der Waals surface area contributed by atoms with E-state index in [-0.39, 0.29) is 7.43 Å². The molecule has 0 saturated carbocycles.